The molecule has 0 fully saturated rings. The Hall–Kier alpha value is -0.610. The number of nitrogens with two attached hydrogens (primary N) is 1. The van der Waals surface area contributed by atoms with Gasteiger partial charge in [-0.1, -0.05) is 13.8 Å². The molecule has 0 heterocycles. The first kappa shape index (κ1) is 17.4. The minimum Gasteiger partial charge on any atom is -0.351 e. The summed E-state index contributed by atoms with van der Waals surface area (Å²) in [5.74, 6) is 0.0831. The molecule has 0 aromatic rings. The average molecular weight is 257 g/mol. The maximum Gasteiger partial charge on any atom is 0.222 e. The molecule has 108 valence electrons. The molecule has 0 saturated carbocycles. The molecule has 3 N–H and O–H groups in total. The topological polar surface area (TPSA) is 58.4 Å². The van der Waals surface area contributed by atoms with Crippen molar-refractivity contribution in [2.45, 2.75) is 72.0 Å². The minimum atomic E-state index is -0.177. The third-order valence-electron chi connectivity index (χ3n) is 3.20. The van der Waals surface area contributed by atoms with Crippen LogP contribution in [-0.2, 0) is 4.79 Å². The zero-order valence-corrected chi connectivity index (χ0v) is 12.9. The van der Waals surface area contributed by atoms with E-state index in [1.54, 1.807) is 0 Å². The second-order valence-electron chi connectivity index (χ2n) is 5.98. The van der Waals surface area contributed by atoms with Crippen LogP contribution >= 0.6 is 0 Å². The lowest BCUT2D eigenvalue weighted by Crippen LogP contribution is -2.49. The number of amides is 1. The Morgan fingerprint density at radius 2 is 1.89 bits per heavy atom. The maximum absolute atomic E-state index is 12.0. The standard InChI is InChI=1S/C14H31N3O/c1-7-11(3)17(8-2)12(10-15)9-13(18)16-14(4,5)6/h11-12H,7-10,15H2,1-6H3,(H,16,18). The van der Waals surface area contributed by atoms with Crippen molar-refractivity contribution in [2.75, 3.05) is 13.1 Å². The maximum atomic E-state index is 12.0. The highest BCUT2D eigenvalue weighted by Crippen LogP contribution is 2.11. The molecule has 0 aromatic heterocycles. The van der Waals surface area contributed by atoms with Gasteiger partial charge in [0.25, 0.3) is 0 Å². The summed E-state index contributed by atoms with van der Waals surface area (Å²) in [7, 11) is 0. The molecule has 1 amide bonds. The molecule has 0 spiro atoms. The average Bonchev–Trinajstić information content (AvgIpc) is 2.25. The number of carbonyl (C=O) groups excluding carboxylic acids is 1. The van der Waals surface area contributed by atoms with E-state index in [4.69, 9.17) is 5.73 Å². The number of nitrogens with zero attached hydrogens (tertiary/aromatic N) is 1. The zero-order chi connectivity index (χ0) is 14.3. The number of hydrogen-bond acceptors (Lipinski definition) is 3. The van der Waals surface area contributed by atoms with Crippen LogP contribution in [0.4, 0.5) is 0 Å². The smallest absolute Gasteiger partial charge is 0.222 e. The quantitative estimate of drug-likeness (QED) is 0.730. The fraction of sp³-hybridized carbons (Fsp3) is 0.929. The van der Waals surface area contributed by atoms with E-state index in [-0.39, 0.29) is 17.5 Å². The third-order valence-corrected chi connectivity index (χ3v) is 3.20. The van der Waals surface area contributed by atoms with Gasteiger partial charge in [-0.3, -0.25) is 9.69 Å². The molecule has 0 aliphatic carbocycles. The van der Waals surface area contributed by atoms with Crippen LogP contribution in [0.25, 0.3) is 0 Å². The van der Waals surface area contributed by atoms with E-state index in [1.165, 1.54) is 0 Å². The first-order valence-corrected chi connectivity index (χ1v) is 7.01. The van der Waals surface area contributed by atoms with E-state index >= 15 is 0 Å². The fourth-order valence-corrected chi connectivity index (χ4v) is 2.18. The summed E-state index contributed by atoms with van der Waals surface area (Å²) in [6, 6.07) is 0.596. The SMILES string of the molecule is CCC(C)N(CC)C(CN)CC(=O)NC(C)(C)C. The number of likely N-dealkylation sites (N-methyl/N-ethyl adjacent to an activating group) is 1. The molecule has 18 heavy (non-hydrogen) atoms. The van der Waals surface area contributed by atoms with Crippen molar-refractivity contribution in [3.05, 3.63) is 0 Å². The van der Waals surface area contributed by atoms with Gasteiger partial charge < -0.3 is 11.1 Å². The lowest BCUT2D eigenvalue weighted by molar-refractivity contribution is -0.123. The summed E-state index contributed by atoms with van der Waals surface area (Å²) < 4.78 is 0. The van der Waals surface area contributed by atoms with Gasteiger partial charge in [-0.05, 0) is 40.7 Å². The van der Waals surface area contributed by atoms with E-state index in [0.717, 1.165) is 13.0 Å². The number of nitrogens with one attached hydrogen (secondary N) is 1. The Labute approximate surface area is 112 Å². The second-order valence-corrected chi connectivity index (χ2v) is 5.98. The van der Waals surface area contributed by atoms with Gasteiger partial charge in [0.15, 0.2) is 0 Å². The fourth-order valence-electron chi connectivity index (χ4n) is 2.18. The Kier molecular flexibility index (Phi) is 7.48. The van der Waals surface area contributed by atoms with Crippen LogP contribution in [0.2, 0.25) is 0 Å². The van der Waals surface area contributed by atoms with Crippen LogP contribution < -0.4 is 11.1 Å². The lowest BCUT2D eigenvalue weighted by atomic mass is 10.1. The lowest BCUT2D eigenvalue weighted by Gasteiger charge is -2.35. The Morgan fingerprint density at radius 3 is 2.22 bits per heavy atom. The first-order valence-electron chi connectivity index (χ1n) is 7.01. The van der Waals surface area contributed by atoms with Crippen molar-refractivity contribution in [1.29, 1.82) is 0 Å². The normalized spacial score (nSPS) is 15.6. The molecule has 0 radical (unpaired) electrons. The molecular weight excluding hydrogens is 226 g/mol. The van der Waals surface area contributed by atoms with Gasteiger partial charge in [-0.2, -0.15) is 0 Å². The van der Waals surface area contributed by atoms with Gasteiger partial charge in [0.05, 0.1) is 0 Å². The molecule has 2 atom stereocenters. The van der Waals surface area contributed by atoms with Gasteiger partial charge in [-0.25, -0.2) is 0 Å². The molecule has 0 aliphatic rings. The van der Waals surface area contributed by atoms with E-state index in [2.05, 4.69) is 31.0 Å². The Morgan fingerprint density at radius 1 is 1.33 bits per heavy atom. The van der Waals surface area contributed by atoms with Crippen LogP contribution in [0.15, 0.2) is 0 Å². The molecule has 4 nitrogen and oxygen atoms in total. The second kappa shape index (κ2) is 7.74. The molecule has 2 unspecified atom stereocenters. The molecule has 0 aromatic carbocycles. The van der Waals surface area contributed by atoms with Crippen LogP contribution in [-0.4, -0.2) is 41.5 Å². The monoisotopic (exact) mass is 257 g/mol. The highest BCUT2D eigenvalue weighted by molar-refractivity contribution is 5.77. The highest BCUT2D eigenvalue weighted by Gasteiger charge is 2.24. The minimum absolute atomic E-state index is 0.0831. The predicted molar refractivity (Wildman–Crippen MR) is 77.5 cm³/mol. The summed E-state index contributed by atoms with van der Waals surface area (Å²) in [6.07, 6.45) is 1.55. The van der Waals surface area contributed by atoms with Crippen molar-refractivity contribution >= 4 is 5.91 Å². The zero-order valence-electron chi connectivity index (χ0n) is 12.9. The van der Waals surface area contributed by atoms with Gasteiger partial charge in [0.1, 0.15) is 0 Å². The van der Waals surface area contributed by atoms with Gasteiger partial charge in [0.2, 0.25) is 5.91 Å². The predicted octanol–water partition coefficient (Wildman–Crippen LogP) is 1.74. The first-order chi connectivity index (χ1) is 8.25. The van der Waals surface area contributed by atoms with Crippen LogP contribution in [0.1, 0.15) is 54.4 Å². The summed E-state index contributed by atoms with van der Waals surface area (Å²) in [5, 5.41) is 3.00. The van der Waals surface area contributed by atoms with Crippen LogP contribution in [0.3, 0.4) is 0 Å². The summed E-state index contributed by atoms with van der Waals surface area (Å²) in [5.41, 5.74) is 5.66. The van der Waals surface area contributed by atoms with E-state index < -0.39 is 0 Å². The Balaban J connectivity index is 4.53. The molecule has 0 saturated heterocycles. The largest absolute Gasteiger partial charge is 0.351 e. The van der Waals surface area contributed by atoms with Crippen molar-refractivity contribution in [2.24, 2.45) is 5.73 Å². The number of rotatable bonds is 7. The van der Waals surface area contributed by atoms with Gasteiger partial charge >= 0.3 is 0 Å². The van der Waals surface area contributed by atoms with Crippen LogP contribution in [0, 0.1) is 0 Å². The highest BCUT2D eigenvalue weighted by atomic mass is 16.1. The van der Waals surface area contributed by atoms with E-state index in [0.29, 0.717) is 19.0 Å². The van der Waals surface area contributed by atoms with E-state index in [1.807, 2.05) is 20.8 Å². The number of hydrogen-bond donors (Lipinski definition) is 2. The summed E-state index contributed by atoms with van der Waals surface area (Å²) >= 11 is 0. The number of carbonyl (C=O) groups is 1. The molecular formula is C14H31N3O. The van der Waals surface area contributed by atoms with Crippen molar-refractivity contribution in [1.82, 2.24) is 10.2 Å². The molecule has 0 rings (SSSR count). The molecule has 4 heteroatoms. The third kappa shape index (κ3) is 6.36. The summed E-state index contributed by atoms with van der Waals surface area (Å²) in [6.45, 7) is 13.9. The summed E-state index contributed by atoms with van der Waals surface area (Å²) in [4.78, 5) is 14.3. The van der Waals surface area contributed by atoms with Crippen molar-refractivity contribution < 1.29 is 4.79 Å². The molecule has 0 bridgehead atoms. The van der Waals surface area contributed by atoms with E-state index in [9.17, 15) is 4.79 Å². The van der Waals surface area contributed by atoms with Crippen LogP contribution in [0.5, 0.6) is 0 Å². The van der Waals surface area contributed by atoms with Gasteiger partial charge in [0, 0.05) is 30.6 Å². The molecule has 0 aliphatic heterocycles. The van der Waals surface area contributed by atoms with Crippen molar-refractivity contribution in [3.63, 3.8) is 0 Å². The van der Waals surface area contributed by atoms with Gasteiger partial charge in [-0.15, -0.1) is 0 Å². The Bertz CT molecular complexity index is 248. The van der Waals surface area contributed by atoms with Crippen molar-refractivity contribution in [3.8, 4) is 0 Å².